The van der Waals surface area contributed by atoms with Crippen molar-refractivity contribution in [2.45, 2.75) is 25.2 Å². The van der Waals surface area contributed by atoms with Gasteiger partial charge in [-0.05, 0) is 24.1 Å². The average molecular weight is 312 g/mol. The van der Waals surface area contributed by atoms with Gasteiger partial charge in [-0.2, -0.15) is 0 Å². The fourth-order valence-corrected chi connectivity index (χ4v) is 3.05. The molecule has 0 saturated heterocycles. The molecule has 1 rings (SSSR count). The van der Waals surface area contributed by atoms with E-state index in [2.05, 4.69) is 11.8 Å². The van der Waals surface area contributed by atoms with E-state index in [9.17, 15) is 12.8 Å². The van der Waals surface area contributed by atoms with Crippen LogP contribution in [-0.2, 0) is 10.0 Å². The second kappa shape index (κ2) is 7.55. The fourth-order valence-electron chi connectivity index (χ4n) is 1.75. The van der Waals surface area contributed by atoms with Crippen LogP contribution < -0.4 is 5.73 Å². The molecule has 0 spiro atoms. The van der Waals surface area contributed by atoms with Gasteiger partial charge >= 0.3 is 0 Å². The SMILES string of the molecule is CCC(C)CN(C)S(=O)(=O)c1ccc(C#CCN)c(F)c1. The van der Waals surface area contributed by atoms with Gasteiger partial charge in [-0.15, -0.1) is 0 Å². The van der Waals surface area contributed by atoms with Crippen LogP contribution in [0, 0.1) is 23.6 Å². The van der Waals surface area contributed by atoms with Crippen molar-refractivity contribution in [3.63, 3.8) is 0 Å². The predicted octanol–water partition coefficient (Wildman–Crippen LogP) is 1.80. The zero-order valence-electron chi connectivity index (χ0n) is 12.6. The zero-order valence-corrected chi connectivity index (χ0v) is 13.4. The predicted molar refractivity (Wildman–Crippen MR) is 81.6 cm³/mol. The number of hydrogen-bond acceptors (Lipinski definition) is 3. The molecule has 4 nitrogen and oxygen atoms in total. The number of sulfonamides is 1. The number of halogens is 1. The lowest BCUT2D eigenvalue weighted by atomic mass is 10.1. The lowest BCUT2D eigenvalue weighted by Gasteiger charge is -2.20. The molecule has 116 valence electrons. The van der Waals surface area contributed by atoms with E-state index < -0.39 is 15.8 Å². The minimum atomic E-state index is -3.68. The van der Waals surface area contributed by atoms with E-state index in [1.54, 1.807) is 0 Å². The monoisotopic (exact) mass is 312 g/mol. The molecule has 0 fully saturated rings. The summed E-state index contributed by atoms with van der Waals surface area (Å²) in [6, 6.07) is 3.73. The molecule has 0 aliphatic carbocycles. The summed E-state index contributed by atoms with van der Waals surface area (Å²) in [7, 11) is -2.18. The van der Waals surface area contributed by atoms with Crippen molar-refractivity contribution in [3.05, 3.63) is 29.6 Å². The van der Waals surface area contributed by atoms with Gasteiger partial charge in [0, 0.05) is 13.6 Å². The minimum absolute atomic E-state index is 0.0656. The van der Waals surface area contributed by atoms with E-state index in [0.717, 1.165) is 12.5 Å². The Hall–Kier alpha value is -1.42. The molecular formula is C15H21FN2O2S. The van der Waals surface area contributed by atoms with E-state index >= 15 is 0 Å². The Bertz CT molecular complexity index is 647. The summed E-state index contributed by atoms with van der Waals surface area (Å²) in [5, 5.41) is 0. The first-order valence-electron chi connectivity index (χ1n) is 6.77. The van der Waals surface area contributed by atoms with E-state index in [4.69, 9.17) is 5.73 Å². The second-order valence-corrected chi connectivity index (χ2v) is 6.99. The largest absolute Gasteiger partial charge is 0.320 e. The first kappa shape index (κ1) is 17.6. The van der Waals surface area contributed by atoms with Crippen molar-refractivity contribution in [1.82, 2.24) is 4.31 Å². The Balaban J connectivity index is 3.07. The average Bonchev–Trinajstić information content (AvgIpc) is 2.45. The lowest BCUT2D eigenvalue weighted by molar-refractivity contribution is 0.393. The van der Waals surface area contributed by atoms with E-state index in [1.807, 2.05) is 13.8 Å². The normalized spacial score (nSPS) is 12.9. The van der Waals surface area contributed by atoms with Crippen LogP contribution in [0.15, 0.2) is 23.1 Å². The number of nitrogens with two attached hydrogens (primary N) is 1. The van der Waals surface area contributed by atoms with Crippen molar-refractivity contribution >= 4 is 10.0 Å². The van der Waals surface area contributed by atoms with Crippen molar-refractivity contribution in [2.24, 2.45) is 11.7 Å². The van der Waals surface area contributed by atoms with Crippen LogP contribution in [0.1, 0.15) is 25.8 Å². The van der Waals surface area contributed by atoms with Gasteiger partial charge in [0.05, 0.1) is 17.0 Å². The Labute approximate surface area is 126 Å². The van der Waals surface area contributed by atoms with Gasteiger partial charge in [0.15, 0.2) is 0 Å². The number of rotatable bonds is 5. The summed E-state index contributed by atoms with van der Waals surface area (Å²) in [5.74, 6) is 4.68. The Morgan fingerprint density at radius 2 is 2.10 bits per heavy atom. The van der Waals surface area contributed by atoms with Crippen molar-refractivity contribution in [3.8, 4) is 11.8 Å². The van der Waals surface area contributed by atoms with Gasteiger partial charge in [0.2, 0.25) is 10.0 Å². The summed E-state index contributed by atoms with van der Waals surface area (Å²) >= 11 is 0. The summed E-state index contributed by atoms with van der Waals surface area (Å²) < 4.78 is 39.8. The molecule has 6 heteroatoms. The molecule has 0 aromatic heterocycles. The van der Waals surface area contributed by atoms with E-state index in [0.29, 0.717) is 6.54 Å². The highest BCUT2D eigenvalue weighted by Gasteiger charge is 2.22. The molecule has 1 aromatic carbocycles. The highest BCUT2D eigenvalue weighted by molar-refractivity contribution is 7.89. The molecular weight excluding hydrogens is 291 g/mol. The molecule has 0 aliphatic rings. The Kier molecular flexibility index (Phi) is 6.34. The highest BCUT2D eigenvalue weighted by atomic mass is 32.2. The lowest BCUT2D eigenvalue weighted by Crippen LogP contribution is -2.31. The number of benzene rings is 1. The van der Waals surface area contributed by atoms with Crippen molar-refractivity contribution < 1.29 is 12.8 Å². The molecule has 1 aromatic rings. The Morgan fingerprint density at radius 1 is 1.43 bits per heavy atom. The topological polar surface area (TPSA) is 63.4 Å². The van der Waals surface area contributed by atoms with Gasteiger partial charge in [-0.25, -0.2) is 17.1 Å². The molecule has 1 atom stereocenters. The molecule has 0 aliphatic heterocycles. The van der Waals surface area contributed by atoms with Crippen LogP contribution in [0.25, 0.3) is 0 Å². The smallest absolute Gasteiger partial charge is 0.242 e. The van der Waals surface area contributed by atoms with Crippen LogP contribution in [0.4, 0.5) is 4.39 Å². The third-order valence-electron chi connectivity index (χ3n) is 3.24. The third-order valence-corrected chi connectivity index (χ3v) is 5.06. The molecule has 0 heterocycles. The van der Waals surface area contributed by atoms with Gasteiger partial charge in [-0.1, -0.05) is 32.1 Å². The fraction of sp³-hybridized carbons (Fsp3) is 0.467. The minimum Gasteiger partial charge on any atom is -0.320 e. The van der Waals surface area contributed by atoms with E-state index in [-0.39, 0.29) is 22.9 Å². The summed E-state index contributed by atoms with van der Waals surface area (Å²) in [6.45, 7) is 4.49. The zero-order chi connectivity index (χ0) is 16.0. The first-order valence-corrected chi connectivity index (χ1v) is 8.21. The molecule has 0 amide bonds. The first-order chi connectivity index (χ1) is 9.82. The molecule has 2 N–H and O–H groups in total. The van der Waals surface area contributed by atoms with Crippen molar-refractivity contribution in [2.75, 3.05) is 20.1 Å². The number of hydrogen-bond donors (Lipinski definition) is 1. The van der Waals surface area contributed by atoms with Gasteiger partial charge in [-0.3, -0.25) is 0 Å². The molecule has 0 radical (unpaired) electrons. The maximum atomic E-state index is 13.9. The highest BCUT2D eigenvalue weighted by Crippen LogP contribution is 2.19. The Morgan fingerprint density at radius 3 is 2.62 bits per heavy atom. The van der Waals surface area contributed by atoms with Crippen LogP contribution in [0.3, 0.4) is 0 Å². The van der Waals surface area contributed by atoms with Gasteiger partial charge in [0.1, 0.15) is 5.82 Å². The number of nitrogens with zero attached hydrogens (tertiary/aromatic N) is 1. The van der Waals surface area contributed by atoms with Crippen molar-refractivity contribution in [1.29, 1.82) is 0 Å². The summed E-state index contributed by atoms with van der Waals surface area (Å²) in [6.07, 6.45) is 0.877. The molecule has 1 unspecified atom stereocenters. The third kappa shape index (κ3) is 4.53. The standard InChI is InChI=1S/C15H21FN2O2S/c1-4-12(2)11-18(3)21(19,20)14-8-7-13(6-5-9-17)15(16)10-14/h7-8,10,12H,4,9,11,17H2,1-3H3. The van der Waals surface area contributed by atoms with Gasteiger partial charge < -0.3 is 5.73 Å². The maximum Gasteiger partial charge on any atom is 0.242 e. The molecule has 21 heavy (non-hydrogen) atoms. The van der Waals surface area contributed by atoms with Crippen LogP contribution in [0.5, 0.6) is 0 Å². The molecule has 0 saturated carbocycles. The van der Waals surface area contributed by atoms with Gasteiger partial charge in [0.25, 0.3) is 0 Å². The summed E-state index contributed by atoms with van der Waals surface area (Å²) in [5.41, 5.74) is 5.37. The quantitative estimate of drug-likeness (QED) is 0.843. The van der Waals surface area contributed by atoms with E-state index in [1.165, 1.54) is 23.5 Å². The summed E-state index contributed by atoms with van der Waals surface area (Å²) in [4.78, 5) is -0.0656. The van der Waals surface area contributed by atoms with Crippen LogP contribution in [0.2, 0.25) is 0 Å². The molecule has 0 bridgehead atoms. The maximum absolute atomic E-state index is 13.9. The van der Waals surface area contributed by atoms with Crippen LogP contribution >= 0.6 is 0 Å². The van der Waals surface area contributed by atoms with Crippen LogP contribution in [-0.4, -0.2) is 32.9 Å². The second-order valence-electron chi connectivity index (χ2n) is 4.95.